The van der Waals surface area contributed by atoms with Crippen LogP contribution in [0.25, 0.3) is 0 Å². The van der Waals surface area contributed by atoms with Gasteiger partial charge in [-0.3, -0.25) is 9.69 Å². The minimum Gasteiger partial charge on any atom is -0.469 e. The maximum Gasteiger partial charge on any atom is 0.310 e. The third kappa shape index (κ3) is 6.43. The van der Waals surface area contributed by atoms with Crippen LogP contribution in [0.15, 0.2) is 29.3 Å². The van der Waals surface area contributed by atoms with Crippen LogP contribution in [0.4, 0.5) is 0 Å². The van der Waals surface area contributed by atoms with E-state index in [4.69, 9.17) is 14.5 Å². The SMILES string of the molecule is CCNC(=NCc1ccc(CN2CC(C)OC(C)C2)cc1)N1CC(C)C(C(=O)OC)C1. The van der Waals surface area contributed by atoms with Gasteiger partial charge >= 0.3 is 5.97 Å². The van der Waals surface area contributed by atoms with Crippen LogP contribution < -0.4 is 5.32 Å². The van der Waals surface area contributed by atoms with Crippen molar-refractivity contribution in [2.24, 2.45) is 16.8 Å². The Hall–Kier alpha value is -2.12. The van der Waals surface area contributed by atoms with Crippen LogP contribution in [0, 0.1) is 11.8 Å². The van der Waals surface area contributed by atoms with Gasteiger partial charge < -0.3 is 19.7 Å². The van der Waals surface area contributed by atoms with Crippen LogP contribution >= 0.6 is 0 Å². The molecule has 4 unspecified atom stereocenters. The topological polar surface area (TPSA) is 66.4 Å². The lowest BCUT2D eigenvalue weighted by atomic mass is 9.99. The minimum atomic E-state index is -0.134. The molecule has 0 aliphatic carbocycles. The monoisotopic (exact) mass is 430 g/mol. The van der Waals surface area contributed by atoms with Gasteiger partial charge in [-0.15, -0.1) is 0 Å². The van der Waals surface area contributed by atoms with Gasteiger partial charge in [-0.1, -0.05) is 31.2 Å². The summed E-state index contributed by atoms with van der Waals surface area (Å²) < 4.78 is 10.8. The molecule has 7 heteroatoms. The number of carbonyl (C=O) groups excluding carboxylic acids is 1. The second-order valence-electron chi connectivity index (χ2n) is 8.95. The smallest absolute Gasteiger partial charge is 0.310 e. The molecule has 1 N–H and O–H groups in total. The number of nitrogens with one attached hydrogen (secondary N) is 1. The van der Waals surface area contributed by atoms with Crippen LogP contribution in [-0.2, 0) is 27.4 Å². The zero-order valence-electron chi connectivity index (χ0n) is 19.6. The number of benzene rings is 1. The highest BCUT2D eigenvalue weighted by atomic mass is 16.5. The molecule has 2 heterocycles. The van der Waals surface area contributed by atoms with Gasteiger partial charge in [0.25, 0.3) is 0 Å². The van der Waals surface area contributed by atoms with E-state index in [1.165, 1.54) is 18.2 Å². The van der Waals surface area contributed by atoms with Gasteiger partial charge in [0.05, 0.1) is 31.8 Å². The van der Waals surface area contributed by atoms with Crippen molar-refractivity contribution >= 4 is 11.9 Å². The Morgan fingerprint density at radius 1 is 1.10 bits per heavy atom. The van der Waals surface area contributed by atoms with E-state index in [9.17, 15) is 4.79 Å². The normalized spacial score (nSPS) is 27.4. The highest BCUT2D eigenvalue weighted by Gasteiger charge is 2.36. The van der Waals surface area contributed by atoms with Gasteiger partial charge in [-0.05, 0) is 37.8 Å². The van der Waals surface area contributed by atoms with Crippen molar-refractivity contribution in [3.05, 3.63) is 35.4 Å². The summed E-state index contributed by atoms with van der Waals surface area (Å²) in [7, 11) is 1.46. The Labute approximate surface area is 186 Å². The van der Waals surface area contributed by atoms with Gasteiger partial charge in [0.2, 0.25) is 0 Å². The molecular formula is C24H38N4O3. The molecule has 31 heavy (non-hydrogen) atoms. The van der Waals surface area contributed by atoms with Gasteiger partial charge in [0, 0.05) is 39.3 Å². The number of guanidine groups is 1. The van der Waals surface area contributed by atoms with Gasteiger partial charge in [0.15, 0.2) is 5.96 Å². The molecule has 2 aliphatic heterocycles. The Morgan fingerprint density at radius 2 is 1.74 bits per heavy atom. The predicted molar refractivity (Wildman–Crippen MR) is 123 cm³/mol. The number of hydrogen-bond acceptors (Lipinski definition) is 5. The molecule has 1 aromatic carbocycles. The molecule has 0 saturated carbocycles. The number of methoxy groups -OCH3 is 1. The zero-order chi connectivity index (χ0) is 22.4. The summed E-state index contributed by atoms with van der Waals surface area (Å²) in [5, 5.41) is 3.37. The van der Waals surface area contributed by atoms with E-state index in [0.717, 1.165) is 38.7 Å². The summed E-state index contributed by atoms with van der Waals surface area (Å²) in [6, 6.07) is 8.74. The second kappa shape index (κ2) is 11.0. The third-order valence-corrected chi connectivity index (χ3v) is 6.09. The average Bonchev–Trinajstić information content (AvgIpc) is 3.12. The van der Waals surface area contributed by atoms with Crippen LogP contribution in [0.5, 0.6) is 0 Å². The average molecular weight is 431 g/mol. The lowest BCUT2D eigenvalue weighted by molar-refractivity contribution is -0.145. The van der Waals surface area contributed by atoms with Gasteiger partial charge in [-0.25, -0.2) is 4.99 Å². The van der Waals surface area contributed by atoms with E-state index < -0.39 is 0 Å². The fourth-order valence-corrected chi connectivity index (χ4v) is 4.61. The minimum absolute atomic E-state index is 0.0984. The molecular weight excluding hydrogens is 392 g/mol. The maximum absolute atomic E-state index is 12.0. The van der Waals surface area contributed by atoms with Crippen molar-refractivity contribution in [1.29, 1.82) is 0 Å². The number of rotatable bonds is 6. The molecule has 0 amide bonds. The molecule has 0 radical (unpaired) electrons. The van der Waals surface area contributed by atoms with E-state index in [-0.39, 0.29) is 30.0 Å². The first-order valence-corrected chi connectivity index (χ1v) is 11.5. The first-order chi connectivity index (χ1) is 14.9. The zero-order valence-corrected chi connectivity index (χ0v) is 19.6. The number of nitrogens with zero attached hydrogens (tertiary/aromatic N) is 3. The lowest BCUT2D eigenvalue weighted by Crippen LogP contribution is -2.44. The number of likely N-dealkylation sites (tertiary alicyclic amines) is 1. The lowest BCUT2D eigenvalue weighted by Gasteiger charge is -2.35. The molecule has 1 aromatic rings. The number of morpholine rings is 1. The quantitative estimate of drug-likeness (QED) is 0.425. The molecule has 3 rings (SSSR count). The van der Waals surface area contributed by atoms with Crippen LogP contribution in [0.1, 0.15) is 38.8 Å². The van der Waals surface area contributed by atoms with E-state index >= 15 is 0 Å². The summed E-state index contributed by atoms with van der Waals surface area (Å²) in [5.74, 6) is 0.881. The number of carbonyl (C=O) groups is 1. The molecule has 0 aromatic heterocycles. The van der Waals surface area contributed by atoms with Gasteiger partial charge in [0.1, 0.15) is 0 Å². The standard InChI is InChI=1S/C24H38N4O3/c1-6-25-24(28-12-17(2)22(16-28)23(29)30-5)26-11-20-7-9-21(10-8-20)15-27-13-18(3)31-19(4)14-27/h7-10,17-19,22H,6,11-16H2,1-5H3,(H,25,26). The van der Waals surface area contributed by atoms with Crippen molar-refractivity contribution < 1.29 is 14.3 Å². The van der Waals surface area contributed by atoms with Crippen molar-refractivity contribution in [1.82, 2.24) is 15.1 Å². The Kier molecular flexibility index (Phi) is 8.32. The second-order valence-corrected chi connectivity index (χ2v) is 8.95. The summed E-state index contributed by atoms with van der Waals surface area (Å²) in [6.45, 7) is 14.2. The van der Waals surface area contributed by atoms with E-state index in [2.05, 4.69) is 67.1 Å². The van der Waals surface area contributed by atoms with Crippen LogP contribution in [0.3, 0.4) is 0 Å². The van der Waals surface area contributed by atoms with Crippen LogP contribution in [-0.4, -0.2) is 73.8 Å². The summed E-state index contributed by atoms with van der Waals surface area (Å²) in [4.78, 5) is 21.5. The van der Waals surface area contributed by atoms with Crippen LogP contribution in [0.2, 0.25) is 0 Å². The molecule has 2 aliphatic rings. The van der Waals surface area contributed by atoms with E-state index in [1.807, 2.05) is 0 Å². The van der Waals surface area contributed by atoms with Crippen molar-refractivity contribution in [3.63, 3.8) is 0 Å². The maximum atomic E-state index is 12.0. The van der Waals surface area contributed by atoms with E-state index in [1.54, 1.807) is 0 Å². The number of ether oxygens (including phenoxy) is 2. The molecule has 172 valence electrons. The summed E-state index contributed by atoms with van der Waals surface area (Å²) >= 11 is 0. The molecule has 0 spiro atoms. The Balaban J connectivity index is 1.59. The molecule has 4 atom stereocenters. The Morgan fingerprint density at radius 3 is 2.35 bits per heavy atom. The highest BCUT2D eigenvalue weighted by Crippen LogP contribution is 2.24. The van der Waals surface area contributed by atoms with E-state index in [0.29, 0.717) is 13.1 Å². The molecule has 7 nitrogen and oxygen atoms in total. The third-order valence-electron chi connectivity index (χ3n) is 6.09. The number of esters is 1. The first-order valence-electron chi connectivity index (χ1n) is 11.5. The fourth-order valence-electron chi connectivity index (χ4n) is 4.61. The predicted octanol–water partition coefficient (Wildman–Crippen LogP) is 2.50. The van der Waals surface area contributed by atoms with Crippen molar-refractivity contribution in [2.75, 3.05) is 39.8 Å². The summed E-state index contributed by atoms with van der Waals surface area (Å²) in [6.07, 6.45) is 0.572. The van der Waals surface area contributed by atoms with Gasteiger partial charge in [-0.2, -0.15) is 0 Å². The number of hydrogen-bond donors (Lipinski definition) is 1. The molecule has 2 fully saturated rings. The first kappa shape index (κ1) is 23.5. The summed E-state index contributed by atoms with van der Waals surface area (Å²) in [5.41, 5.74) is 2.50. The van der Waals surface area contributed by atoms with Crippen molar-refractivity contribution in [3.8, 4) is 0 Å². The molecule has 0 bridgehead atoms. The Bertz CT molecular complexity index is 742. The largest absolute Gasteiger partial charge is 0.469 e. The molecule has 2 saturated heterocycles. The highest BCUT2D eigenvalue weighted by molar-refractivity contribution is 5.82. The van der Waals surface area contributed by atoms with Crippen molar-refractivity contribution in [2.45, 2.75) is 53.0 Å². The fraction of sp³-hybridized carbons (Fsp3) is 0.667. The number of aliphatic imine (C=N–C) groups is 1.